The lowest BCUT2D eigenvalue weighted by atomic mass is 9.98. The smallest absolute Gasteiger partial charge is 0.229 e. The van der Waals surface area contributed by atoms with Crippen LogP contribution in [0, 0.1) is 5.92 Å². The molecule has 3 rings (SSSR count). The van der Waals surface area contributed by atoms with Crippen LogP contribution in [0.3, 0.4) is 0 Å². The van der Waals surface area contributed by atoms with Crippen molar-refractivity contribution in [2.75, 3.05) is 44.2 Å². The Kier molecular flexibility index (Phi) is 4.55. The standard InChI is InChI=1S/C18H23N3O3/c1-13(22)15-3-5-17(6-4-15)19-7-9-20(10-8-19)18(24)16-11-21(12-16)14(2)23/h3-6,16H,7-12H2,1-2H3. The summed E-state index contributed by atoms with van der Waals surface area (Å²) in [6.07, 6.45) is 0. The van der Waals surface area contributed by atoms with E-state index in [2.05, 4.69) is 4.90 Å². The predicted molar refractivity (Wildman–Crippen MR) is 91.0 cm³/mol. The molecule has 2 aliphatic rings. The number of rotatable bonds is 3. The number of nitrogens with zero attached hydrogens (tertiary/aromatic N) is 3. The number of carbonyl (C=O) groups is 3. The van der Waals surface area contributed by atoms with Gasteiger partial charge in [-0.1, -0.05) is 0 Å². The van der Waals surface area contributed by atoms with Crippen LogP contribution >= 0.6 is 0 Å². The molecule has 1 aromatic carbocycles. The highest BCUT2D eigenvalue weighted by Gasteiger charge is 2.37. The van der Waals surface area contributed by atoms with E-state index in [1.807, 2.05) is 29.2 Å². The number of piperazine rings is 1. The lowest BCUT2D eigenvalue weighted by Gasteiger charge is -2.42. The number of hydrogen-bond donors (Lipinski definition) is 0. The molecule has 6 nitrogen and oxygen atoms in total. The van der Waals surface area contributed by atoms with Gasteiger partial charge in [-0.2, -0.15) is 0 Å². The third-order valence-electron chi connectivity index (χ3n) is 4.91. The second-order valence-corrected chi connectivity index (χ2v) is 6.54. The zero-order valence-corrected chi connectivity index (χ0v) is 14.2. The number of Topliss-reactive ketones (excluding diaryl/α,β-unsaturated/α-hetero) is 1. The highest BCUT2D eigenvalue weighted by molar-refractivity contribution is 5.94. The van der Waals surface area contributed by atoms with Crippen molar-refractivity contribution in [2.24, 2.45) is 5.92 Å². The average molecular weight is 329 g/mol. The molecule has 2 aliphatic heterocycles. The Bertz CT molecular complexity index is 642. The zero-order chi connectivity index (χ0) is 17.3. The Morgan fingerprint density at radius 2 is 1.46 bits per heavy atom. The van der Waals surface area contributed by atoms with Crippen LogP contribution in [0.5, 0.6) is 0 Å². The molecule has 1 aromatic rings. The lowest BCUT2D eigenvalue weighted by Crippen LogP contribution is -2.58. The molecule has 0 spiro atoms. The van der Waals surface area contributed by atoms with Gasteiger partial charge in [0.2, 0.25) is 11.8 Å². The van der Waals surface area contributed by atoms with Gasteiger partial charge in [0.15, 0.2) is 5.78 Å². The van der Waals surface area contributed by atoms with E-state index in [1.54, 1.807) is 11.8 Å². The molecule has 2 heterocycles. The summed E-state index contributed by atoms with van der Waals surface area (Å²) in [6.45, 7) is 7.18. The van der Waals surface area contributed by atoms with Crippen molar-refractivity contribution in [3.05, 3.63) is 29.8 Å². The summed E-state index contributed by atoms with van der Waals surface area (Å²) >= 11 is 0. The van der Waals surface area contributed by atoms with Gasteiger partial charge in [0, 0.05) is 57.4 Å². The highest BCUT2D eigenvalue weighted by atomic mass is 16.2. The Morgan fingerprint density at radius 1 is 0.875 bits per heavy atom. The average Bonchev–Trinajstić information content (AvgIpc) is 2.53. The van der Waals surface area contributed by atoms with Gasteiger partial charge in [-0.15, -0.1) is 0 Å². The fraction of sp³-hybridized carbons (Fsp3) is 0.500. The summed E-state index contributed by atoms with van der Waals surface area (Å²) in [5, 5.41) is 0. The fourth-order valence-electron chi connectivity index (χ4n) is 3.24. The van der Waals surface area contributed by atoms with Crippen LogP contribution < -0.4 is 4.90 Å². The van der Waals surface area contributed by atoms with Gasteiger partial charge in [-0.25, -0.2) is 0 Å². The first-order valence-electron chi connectivity index (χ1n) is 8.36. The van der Waals surface area contributed by atoms with Crippen LogP contribution in [-0.2, 0) is 9.59 Å². The minimum atomic E-state index is -0.0321. The van der Waals surface area contributed by atoms with Crippen molar-refractivity contribution >= 4 is 23.3 Å². The topological polar surface area (TPSA) is 60.9 Å². The Hall–Kier alpha value is -2.37. The van der Waals surface area contributed by atoms with E-state index < -0.39 is 0 Å². The van der Waals surface area contributed by atoms with Gasteiger partial charge in [0.1, 0.15) is 0 Å². The predicted octanol–water partition coefficient (Wildman–Crippen LogP) is 1.02. The summed E-state index contributed by atoms with van der Waals surface area (Å²) in [7, 11) is 0. The van der Waals surface area contributed by atoms with E-state index >= 15 is 0 Å². The summed E-state index contributed by atoms with van der Waals surface area (Å²) in [6, 6.07) is 7.62. The number of benzene rings is 1. The third kappa shape index (κ3) is 3.27. The summed E-state index contributed by atoms with van der Waals surface area (Å²) in [5.74, 6) is 0.240. The van der Waals surface area contributed by atoms with Crippen molar-refractivity contribution in [2.45, 2.75) is 13.8 Å². The molecule has 2 amide bonds. The van der Waals surface area contributed by atoms with Gasteiger partial charge < -0.3 is 14.7 Å². The number of anilines is 1. The number of hydrogen-bond acceptors (Lipinski definition) is 4. The van der Waals surface area contributed by atoms with Crippen molar-refractivity contribution in [1.29, 1.82) is 0 Å². The first-order valence-corrected chi connectivity index (χ1v) is 8.36. The molecule has 6 heteroatoms. The maximum atomic E-state index is 12.4. The van der Waals surface area contributed by atoms with E-state index in [-0.39, 0.29) is 23.5 Å². The minimum absolute atomic E-state index is 0.0321. The maximum absolute atomic E-state index is 12.4. The van der Waals surface area contributed by atoms with Crippen molar-refractivity contribution < 1.29 is 14.4 Å². The highest BCUT2D eigenvalue weighted by Crippen LogP contribution is 2.21. The van der Waals surface area contributed by atoms with Gasteiger partial charge in [-0.3, -0.25) is 14.4 Å². The number of ketones is 1. The molecule has 2 fully saturated rings. The lowest BCUT2D eigenvalue weighted by molar-refractivity contribution is -0.147. The molecule has 0 aliphatic carbocycles. The van der Waals surface area contributed by atoms with Crippen molar-refractivity contribution in [3.63, 3.8) is 0 Å². The van der Waals surface area contributed by atoms with Crippen molar-refractivity contribution in [1.82, 2.24) is 9.80 Å². The molecule has 0 bridgehead atoms. The molecule has 0 unspecified atom stereocenters. The van der Waals surface area contributed by atoms with E-state index in [1.165, 1.54) is 6.92 Å². The van der Waals surface area contributed by atoms with Crippen LogP contribution in [0.15, 0.2) is 24.3 Å². The molecular weight excluding hydrogens is 306 g/mol. The number of carbonyl (C=O) groups excluding carboxylic acids is 3. The van der Waals surface area contributed by atoms with Gasteiger partial charge >= 0.3 is 0 Å². The van der Waals surface area contributed by atoms with Gasteiger partial charge in [0.05, 0.1) is 5.92 Å². The van der Waals surface area contributed by atoms with E-state index in [4.69, 9.17) is 0 Å². The molecule has 0 atom stereocenters. The Labute approximate surface area is 142 Å². The van der Waals surface area contributed by atoms with Crippen molar-refractivity contribution in [3.8, 4) is 0 Å². The van der Waals surface area contributed by atoms with Crippen LogP contribution in [0.4, 0.5) is 5.69 Å². The summed E-state index contributed by atoms with van der Waals surface area (Å²) in [5.41, 5.74) is 1.80. The molecular formula is C18H23N3O3. The summed E-state index contributed by atoms with van der Waals surface area (Å²) in [4.78, 5) is 40.8. The SMILES string of the molecule is CC(=O)c1ccc(N2CCN(C(=O)C3CN(C(C)=O)C3)CC2)cc1. The summed E-state index contributed by atoms with van der Waals surface area (Å²) < 4.78 is 0. The normalized spacial score (nSPS) is 18.3. The Morgan fingerprint density at radius 3 is 1.96 bits per heavy atom. The number of amides is 2. The molecule has 0 aromatic heterocycles. The van der Waals surface area contributed by atoms with E-state index in [9.17, 15) is 14.4 Å². The molecule has 0 radical (unpaired) electrons. The molecule has 128 valence electrons. The maximum Gasteiger partial charge on any atom is 0.229 e. The second-order valence-electron chi connectivity index (χ2n) is 6.54. The number of likely N-dealkylation sites (tertiary alicyclic amines) is 1. The van der Waals surface area contributed by atoms with Gasteiger partial charge in [0.25, 0.3) is 0 Å². The monoisotopic (exact) mass is 329 g/mol. The van der Waals surface area contributed by atoms with Crippen LogP contribution in [0.1, 0.15) is 24.2 Å². The second kappa shape index (κ2) is 6.63. The molecule has 0 saturated carbocycles. The zero-order valence-electron chi connectivity index (χ0n) is 14.2. The van der Waals surface area contributed by atoms with E-state index in [0.717, 1.165) is 18.8 Å². The molecule has 0 N–H and O–H groups in total. The molecule has 2 saturated heterocycles. The van der Waals surface area contributed by atoms with Crippen LogP contribution in [0.25, 0.3) is 0 Å². The molecule has 24 heavy (non-hydrogen) atoms. The quantitative estimate of drug-likeness (QED) is 0.777. The largest absolute Gasteiger partial charge is 0.368 e. The van der Waals surface area contributed by atoms with Gasteiger partial charge in [-0.05, 0) is 31.2 Å². The van der Waals surface area contributed by atoms with Crippen LogP contribution in [0.2, 0.25) is 0 Å². The fourth-order valence-corrected chi connectivity index (χ4v) is 3.24. The third-order valence-corrected chi connectivity index (χ3v) is 4.91. The van der Waals surface area contributed by atoms with E-state index in [0.29, 0.717) is 31.7 Å². The Balaban J connectivity index is 1.51. The van der Waals surface area contributed by atoms with Crippen LogP contribution in [-0.4, -0.2) is 66.7 Å². The first-order chi connectivity index (χ1) is 11.5. The first kappa shape index (κ1) is 16.5. The minimum Gasteiger partial charge on any atom is -0.368 e.